The third kappa shape index (κ3) is 3.08. The van der Waals surface area contributed by atoms with E-state index in [-0.39, 0.29) is 6.04 Å². The topological polar surface area (TPSA) is 30.5 Å². The van der Waals surface area contributed by atoms with Crippen LogP contribution in [0.2, 0.25) is 5.02 Å². The molecule has 0 saturated carbocycles. The molecule has 1 heterocycles. The van der Waals surface area contributed by atoms with Crippen molar-refractivity contribution in [2.45, 2.75) is 13.0 Å². The lowest BCUT2D eigenvalue weighted by Crippen LogP contribution is -2.21. The fraction of sp³-hybridized carbons (Fsp3) is 0.333. The second kappa shape index (κ2) is 6.97. The third-order valence-corrected chi connectivity index (χ3v) is 4.32. The number of ether oxygens (including phenoxy) is 2. The number of halogens is 1. The molecule has 1 aromatic carbocycles. The van der Waals surface area contributed by atoms with E-state index < -0.39 is 0 Å². The number of thiophene rings is 1. The van der Waals surface area contributed by atoms with Crippen molar-refractivity contribution in [3.8, 4) is 11.5 Å². The lowest BCUT2D eigenvalue weighted by atomic mass is 10.0. The van der Waals surface area contributed by atoms with E-state index in [1.165, 1.54) is 0 Å². The Labute approximate surface area is 128 Å². The summed E-state index contributed by atoms with van der Waals surface area (Å²) in [5.41, 5.74) is 1.10. The summed E-state index contributed by atoms with van der Waals surface area (Å²) in [7, 11) is 3.31. The molecule has 1 atom stereocenters. The number of methoxy groups -OCH3 is 2. The Morgan fingerprint density at radius 2 is 1.95 bits per heavy atom. The molecule has 3 nitrogen and oxygen atoms in total. The standard InChI is InChI=1S/C15H18ClNO2S/c1-4-17-14(15-13(19-3)7-8-20-15)10-5-6-12(18-2)11(16)9-10/h5-9,14,17H,4H2,1-3H3. The SMILES string of the molecule is CCNC(c1ccc(OC)c(Cl)c1)c1sccc1OC. The van der Waals surface area contributed by atoms with E-state index in [1.54, 1.807) is 25.6 Å². The summed E-state index contributed by atoms with van der Waals surface area (Å²) in [6.07, 6.45) is 0. The molecule has 0 aliphatic carbocycles. The van der Waals surface area contributed by atoms with E-state index in [1.807, 2.05) is 29.6 Å². The second-order valence-corrected chi connectivity index (χ2v) is 5.59. The molecule has 1 aromatic heterocycles. The van der Waals surface area contributed by atoms with Crippen LogP contribution in [-0.4, -0.2) is 20.8 Å². The maximum Gasteiger partial charge on any atom is 0.137 e. The van der Waals surface area contributed by atoms with Gasteiger partial charge in [-0.1, -0.05) is 24.6 Å². The van der Waals surface area contributed by atoms with Crippen molar-refractivity contribution in [1.82, 2.24) is 5.32 Å². The number of rotatable bonds is 6. The van der Waals surface area contributed by atoms with Crippen LogP contribution in [0.15, 0.2) is 29.6 Å². The minimum Gasteiger partial charge on any atom is -0.496 e. The Hall–Kier alpha value is -1.23. The summed E-state index contributed by atoms with van der Waals surface area (Å²) in [5.74, 6) is 1.58. The summed E-state index contributed by atoms with van der Waals surface area (Å²) >= 11 is 7.90. The van der Waals surface area contributed by atoms with Gasteiger partial charge in [-0.3, -0.25) is 0 Å². The zero-order valence-electron chi connectivity index (χ0n) is 11.8. The second-order valence-electron chi connectivity index (χ2n) is 4.24. The lowest BCUT2D eigenvalue weighted by molar-refractivity contribution is 0.407. The predicted octanol–water partition coefficient (Wildman–Crippen LogP) is 4.12. The van der Waals surface area contributed by atoms with Gasteiger partial charge in [0.15, 0.2) is 0 Å². The van der Waals surface area contributed by atoms with Crippen molar-refractivity contribution in [1.29, 1.82) is 0 Å². The highest BCUT2D eigenvalue weighted by Crippen LogP contribution is 2.37. The summed E-state index contributed by atoms with van der Waals surface area (Å²) in [4.78, 5) is 1.15. The van der Waals surface area contributed by atoms with Crippen molar-refractivity contribution in [3.05, 3.63) is 45.1 Å². The first-order valence-corrected chi connectivity index (χ1v) is 7.65. The Morgan fingerprint density at radius 3 is 2.55 bits per heavy atom. The van der Waals surface area contributed by atoms with Gasteiger partial charge < -0.3 is 14.8 Å². The van der Waals surface area contributed by atoms with Crippen molar-refractivity contribution in [2.24, 2.45) is 0 Å². The molecule has 2 aromatic rings. The highest BCUT2D eigenvalue weighted by molar-refractivity contribution is 7.10. The predicted molar refractivity (Wildman–Crippen MR) is 84.4 cm³/mol. The molecule has 0 bridgehead atoms. The van der Waals surface area contributed by atoms with Crippen LogP contribution in [0.4, 0.5) is 0 Å². The van der Waals surface area contributed by atoms with Gasteiger partial charge in [-0.15, -0.1) is 11.3 Å². The van der Waals surface area contributed by atoms with Crippen LogP contribution in [0.5, 0.6) is 11.5 Å². The van der Waals surface area contributed by atoms with E-state index in [9.17, 15) is 0 Å². The van der Waals surface area contributed by atoms with E-state index >= 15 is 0 Å². The molecular formula is C15H18ClNO2S. The fourth-order valence-corrected chi connectivity index (χ4v) is 3.34. The highest BCUT2D eigenvalue weighted by Gasteiger charge is 2.19. The summed E-state index contributed by atoms with van der Waals surface area (Å²) in [6, 6.07) is 7.90. The van der Waals surface area contributed by atoms with Crippen LogP contribution in [0.25, 0.3) is 0 Å². The average molecular weight is 312 g/mol. The first-order chi connectivity index (χ1) is 9.71. The molecule has 0 aliphatic rings. The number of nitrogens with one attached hydrogen (secondary N) is 1. The first-order valence-electron chi connectivity index (χ1n) is 6.39. The molecule has 108 valence electrons. The normalized spacial score (nSPS) is 12.2. The molecule has 0 aliphatic heterocycles. The molecule has 1 unspecified atom stereocenters. The smallest absolute Gasteiger partial charge is 0.137 e. The lowest BCUT2D eigenvalue weighted by Gasteiger charge is -2.19. The third-order valence-electron chi connectivity index (χ3n) is 3.06. The van der Waals surface area contributed by atoms with Crippen LogP contribution in [0.1, 0.15) is 23.4 Å². The number of benzene rings is 1. The van der Waals surface area contributed by atoms with Gasteiger partial charge in [-0.25, -0.2) is 0 Å². The number of hydrogen-bond acceptors (Lipinski definition) is 4. The number of hydrogen-bond donors (Lipinski definition) is 1. The highest BCUT2D eigenvalue weighted by atomic mass is 35.5. The van der Waals surface area contributed by atoms with Gasteiger partial charge in [0.25, 0.3) is 0 Å². The molecule has 2 rings (SSSR count). The molecule has 20 heavy (non-hydrogen) atoms. The van der Waals surface area contributed by atoms with Crippen molar-refractivity contribution in [2.75, 3.05) is 20.8 Å². The molecule has 1 N–H and O–H groups in total. The minimum atomic E-state index is 0.0679. The van der Waals surface area contributed by atoms with Gasteiger partial charge in [0.05, 0.1) is 30.2 Å². The van der Waals surface area contributed by atoms with Gasteiger partial charge in [0.2, 0.25) is 0 Å². The summed E-state index contributed by atoms with van der Waals surface area (Å²) < 4.78 is 10.6. The van der Waals surface area contributed by atoms with Gasteiger partial charge in [0, 0.05) is 0 Å². The Balaban J connectivity index is 2.40. The minimum absolute atomic E-state index is 0.0679. The van der Waals surface area contributed by atoms with Gasteiger partial charge in [-0.05, 0) is 35.7 Å². The van der Waals surface area contributed by atoms with Crippen LogP contribution in [-0.2, 0) is 0 Å². The molecule has 0 amide bonds. The van der Waals surface area contributed by atoms with Crippen LogP contribution >= 0.6 is 22.9 Å². The van der Waals surface area contributed by atoms with E-state index in [0.29, 0.717) is 10.8 Å². The van der Waals surface area contributed by atoms with E-state index in [4.69, 9.17) is 21.1 Å². The zero-order valence-corrected chi connectivity index (χ0v) is 13.3. The van der Waals surface area contributed by atoms with Crippen molar-refractivity contribution >= 4 is 22.9 Å². The molecule has 5 heteroatoms. The zero-order chi connectivity index (χ0) is 14.5. The van der Waals surface area contributed by atoms with Crippen molar-refractivity contribution < 1.29 is 9.47 Å². The van der Waals surface area contributed by atoms with Crippen molar-refractivity contribution in [3.63, 3.8) is 0 Å². The summed E-state index contributed by atoms with van der Waals surface area (Å²) in [5, 5.41) is 6.12. The van der Waals surface area contributed by atoms with Gasteiger partial charge in [-0.2, -0.15) is 0 Å². The Kier molecular flexibility index (Phi) is 5.29. The van der Waals surface area contributed by atoms with E-state index in [2.05, 4.69) is 12.2 Å². The Bertz CT molecular complexity index is 571. The molecule has 0 spiro atoms. The Morgan fingerprint density at radius 1 is 1.20 bits per heavy atom. The van der Waals surface area contributed by atoms with Crippen LogP contribution < -0.4 is 14.8 Å². The molecule has 0 saturated heterocycles. The van der Waals surface area contributed by atoms with E-state index in [0.717, 1.165) is 22.7 Å². The monoisotopic (exact) mass is 311 g/mol. The maximum atomic E-state index is 6.23. The fourth-order valence-electron chi connectivity index (χ4n) is 2.12. The first kappa shape index (κ1) is 15.2. The molecule has 0 radical (unpaired) electrons. The maximum absolute atomic E-state index is 6.23. The largest absolute Gasteiger partial charge is 0.496 e. The average Bonchev–Trinajstić information content (AvgIpc) is 2.92. The quantitative estimate of drug-likeness (QED) is 0.870. The van der Waals surface area contributed by atoms with Crippen LogP contribution in [0, 0.1) is 0 Å². The van der Waals surface area contributed by atoms with Gasteiger partial charge >= 0.3 is 0 Å². The summed E-state index contributed by atoms with van der Waals surface area (Å²) in [6.45, 7) is 2.94. The molecular weight excluding hydrogens is 294 g/mol. The van der Waals surface area contributed by atoms with Gasteiger partial charge in [0.1, 0.15) is 11.5 Å². The van der Waals surface area contributed by atoms with Crippen LogP contribution in [0.3, 0.4) is 0 Å². The molecule has 0 fully saturated rings.